The number of nitrogens with one attached hydrogen (secondary N) is 2. The molecule has 0 radical (unpaired) electrons. The first-order valence-corrected chi connectivity index (χ1v) is 10.7. The Morgan fingerprint density at radius 2 is 1.84 bits per heavy atom. The maximum atomic E-state index is 13.6. The van der Waals surface area contributed by atoms with Crippen LogP contribution in [0.3, 0.4) is 0 Å². The Morgan fingerprint density at radius 1 is 1.22 bits per heavy atom. The lowest BCUT2D eigenvalue weighted by molar-refractivity contribution is -0.121. The first-order valence-electron chi connectivity index (χ1n) is 10.7. The molecule has 0 saturated heterocycles. The molecule has 1 fully saturated rings. The number of carbonyl (C=O) groups excluding carboxylic acids is 3. The van der Waals surface area contributed by atoms with Crippen LogP contribution in [0, 0.1) is 19.7 Å². The number of amides is 2. The SMILES string of the molecule is Cc1cc(NC(=O)c2c(C)c(C(=O)C(=O)NC3(C)CC(O)C3)n(C)c2C(C)C)ccc1F. The molecule has 0 aliphatic heterocycles. The molecule has 1 aromatic heterocycles. The Labute approximate surface area is 187 Å². The van der Waals surface area contributed by atoms with E-state index in [0.29, 0.717) is 40.9 Å². The molecular weight excluding hydrogens is 413 g/mol. The van der Waals surface area contributed by atoms with Gasteiger partial charge in [0, 0.05) is 24.0 Å². The number of anilines is 1. The molecule has 0 bridgehead atoms. The van der Waals surface area contributed by atoms with Crippen molar-refractivity contribution in [3.05, 3.63) is 52.1 Å². The molecule has 172 valence electrons. The van der Waals surface area contributed by atoms with Crippen LogP contribution in [0.25, 0.3) is 0 Å². The Balaban J connectivity index is 1.94. The van der Waals surface area contributed by atoms with Crippen molar-refractivity contribution in [1.82, 2.24) is 9.88 Å². The fourth-order valence-electron chi connectivity index (χ4n) is 4.57. The second kappa shape index (κ2) is 8.50. The minimum atomic E-state index is -0.764. The van der Waals surface area contributed by atoms with Crippen LogP contribution in [0.15, 0.2) is 18.2 Å². The van der Waals surface area contributed by atoms with E-state index in [4.69, 9.17) is 0 Å². The van der Waals surface area contributed by atoms with Gasteiger partial charge in [0.15, 0.2) is 0 Å². The summed E-state index contributed by atoms with van der Waals surface area (Å²) in [5.74, 6) is -2.39. The van der Waals surface area contributed by atoms with Crippen molar-refractivity contribution in [1.29, 1.82) is 0 Å². The van der Waals surface area contributed by atoms with Crippen LogP contribution in [-0.4, -0.2) is 38.9 Å². The highest BCUT2D eigenvalue weighted by Crippen LogP contribution is 2.33. The van der Waals surface area contributed by atoms with Crippen LogP contribution < -0.4 is 10.6 Å². The van der Waals surface area contributed by atoms with Crippen LogP contribution >= 0.6 is 0 Å². The summed E-state index contributed by atoms with van der Waals surface area (Å²) in [6, 6.07) is 4.29. The third-order valence-corrected chi connectivity index (χ3v) is 6.08. The maximum Gasteiger partial charge on any atom is 0.294 e. The van der Waals surface area contributed by atoms with Gasteiger partial charge in [-0.05, 0) is 68.9 Å². The number of hydrogen-bond acceptors (Lipinski definition) is 4. The van der Waals surface area contributed by atoms with Crippen molar-refractivity contribution in [3.8, 4) is 0 Å². The number of aryl methyl sites for hydroxylation is 1. The summed E-state index contributed by atoms with van der Waals surface area (Å²) in [7, 11) is 1.66. The molecule has 1 aliphatic rings. The number of hydrogen-bond donors (Lipinski definition) is 3. The van der Waals surface area contributed by atoms with Gasteiger partial charge in [0.25, 0.3) is 17.6 Å². The van der Waals surface area contributed by atoms with Gasteiger partial charge in [0.2, 0.25) is 0 Å². The summed E-state index contributed by atoms with van der Waals surface area (Å²) in [4.78, 5) is 38.9. The van der Waals surface area contributed by atoms with Crippen molar-refractivity contribution < 1.29 is 23.9 Å². The molecular formula is C24H30FN3O4. The molecule has 3 N–H and O–H groups in total. The van der Waals surface area contributed by atoms with Gasteiger partial charge in [0.1, 0.15) is 5.82 Å². The number of aromatic nitrogens is 1. The number of halogens is 1. The molecule has 1 aliphatic carbocycles. The Bertz CT molecular complexity index is 1100. The van der Waals surface area contributed by atoms with Crippen LogP contribution in [0.1, 0.15) is 77.2 Å². The Morgan fingerprint density at radius 3 is 2.38 bits per heavy atom. The van der Waals surface area contributed by atoms with Crippen LogP contribution in [0.5, 0.6) is 0 Å². The molecule has 0 spiro atoms. The average molecular weight is 444 g/mol. The van der Waals surface area contributed by atoms with Gasteiger partial charge < -0.3 is 20.3 Å². The summed E-state index contributed by atoms with van der Waals surface area (Å²) in [5, 5.41) is 15.0. The second-order valence-electron chi connectivity index (χ2n) is 9.27. The molecule has 0 atom stereocenters. The lowest BCUT2D eigenvalue weighted by Gasteiger charge is -2.42. The smallest absolute Gasteiger partial charge is 0.294 e. The first-order chi connectivity index (χ1) is 14.8. The number of carbonyl (C=O) groups is 3. The predicted molar refractivity (Wildman–Crippen MR) is 119 cm³/mol. The zero-order chi connectivity index (χ0) is 24.0. The van der Waals surface area contributed by atoms with E-state index in [-0.39, 0.29) is 17.4 Å². The summed E-state index contributed by atoms with van der Waals surface area (Å²) in [5.41, 5.74) is 1.73. The van der Waals surface area contributed by atoms with Gasteiger partial charge in [0.05, 0.1) is 17.4 Å². The third kappa shape index (κ3) is 4.32. The molecule has 32 heavy (non-hydrogen) atoms. The number of aliphatic hydroxyl groups is 1. The molecule has 3 rings (SSSR count). The van der Waals surface area contributed by atoms with Crippen molar-refractivity contribution in [2.45, 2.75) is 65.0 Å². The normalized spacial score (nSPS) is 20.1. The molecule has 8 heteroatoms. The van der Waals surface area contributed by atoms with Crippen molar-refractivity contribution in [2.24, 2.45) is 7.05 Å². The maximum absolute atomic E-state index is 13.6. The highest BCUT2D eigenvalue weighted by molar-refractivity contribution is 6.43. The van der Waals surface area contributed by atoms with Gasteiger partial charge in [-0.15, -0.1) is 0 Å². The van der Waals surface area contributed by atoms with E-state index in [2.05, 4.69) is 10.6 Å². The molecule has 1 heterocycles. The average Bonchev–Trinajstić information content (AvgIpc) is 2.93. The Kier molecular flexibility index (Phi) is 6.29. The molecule has 1 saturated carbocycles. The monoisotopic (exact) mass is 443 g/mol. The summed E-state index contributed by atoms with van der Waals surface area (Å²) >= 11 is 0. The molecule has 2 amide bonds. The highest BCUT2D eigenvalue weighted by Gasteiger charge is 2.42. The van der Waals surface area contributed by atoms with Crippen molar-refractivity contribution >= 4 is 23.3 Å². The van der Waals surface area contributed by atoms with Crippen LogP contribution in [-0.2, 0) is 11.8 Å². The molecule has 7 nitrogen and oxygen atoms in total. The van der Waals surface area contributed by atoms with Crippen molar-refractivity contribution in [2.75, 3.05) is 5.32 Å². The van der Waals surface area contributed by atoms with E-state index in [1.165, 1.54) is 18.2 Å². The van der Waals surface area contributed by atoms with E-state index in [1.54, 1.807) is 32.4 Å². The number of rotatable bonds is 6. The fraction of sp³-hybridized carbons (Fsp3) is 0.458. The van der Waals surface area contributed by atoms with E-state index < -0.39 is 29.2 Å². The van der Waals surface area contributed by atoms with E-state index in [0.717, 1.165) is 0 Å². The van der Waals surface area contributed by atoms with Gasteiger partial charge in [-0.3, -0.25) is 14.4 Å². The summed E-state index contributed by atoms with van der Waals surface area (Å²) in [6.07, 6.45) is 0.297. The minimum absolute atomic E-state index is 0.0988. The number of Topliss-reactive ketones (excluding diaryl/α,β-unsaturated/α-hetero) is 1. The van der Waals surface area contributed by atoms with Gasteiger partial charge in [-0.2, -0.15) is 0 Å². The zero-order valence-electron chi connectivity index (χ0n) is 19.3. The minimum Gasteiger partial charge on any atom is -0.393 e. The van der Waals surface area contributed by atoms with E-state index in [9.17, 15) is 23.9 Å². The lowest BCUT2D eigenvalue weighted by Crippen LogP contribution is -2.58. The van der Waals surface area contributed by atoms with Gasteiger partial charge >= 0.3 is 0 Å². The number of nitrogens with zero attached hydrogens (tertiary/aromatic N) is 1. The topological polar surface area (TPSA) is 100 Å². The number of benzene rings is 1. The standard InChI is InChI=1S/C24H30FN3O4/c1-12(2)19-18(22(31)26-15-7-8-17(25)13(3)9-15)14(4)20(28(19)6)21(30)23(32)27-24(5)10-16(29)11-24/h7-9,12,16,29H,10-11H2,1-6H3,(H,26,31)(H,27,32). The zero-order valence-corrected chi connectivity index (χ0v) is 19.3. The number of aliphatic hydroxyl groups excluding tert-OH is 1. The first kappa shape index (κ1) is 23.7. The molecule has 0 unspecified atom stereocenters. The molecule has 1 aromatic carbocycles. The van der Waals surface area contributed by atoms with E-state index in [1.807, 2.05) is 13.8 Å². The van der Waals surface area contributed by atoms with Gasteiger partial charge in [-0.25, -0.2) is 4.39 Å². The molecule has 2 aromatic rings. The van der Waals surface area contributed by atoms with Crippen molar-refractivity contribution in [3.63, 3.8) is 0 Å². The second-order valence-corrected chi connectivity index (χ2v) is 9.27. The summed E-state index contributed by atoms with van der Waals surface area (Å²) < 4.78 is 15.2. The van der Waals surface area contributed by atoms with E-state index >= 15 is 0 Å². The quantitative estimate of drug-likeness (QED) is 0.471. The number of ketones is 1. The summed E-state index contributed by atoms with van der Waals surface area (Å²) in [6.45, 7) is 8.84. The predicted octanol–water partition coefficient (Wildman–Crippen LogP) is 3.37. The van der Waals surface area contributed by atoms with Crippen LogP contribution in [0.2, 0.25) is 0 Å². The largest absolute Gasteiger partial charge is 0.393 e. The Hall–Kier alpha value is -3.00. The highest BCUT2D eigenvalue weighted by atomic mass is 19.1. The lowest BCUT2D eigenvalue weighted by atomic mass is 9.76. The van der Waals surface area contributed by atoms with Crippen LogP contribution in [0.4, 0.5) is 10.1 Å². The fourth-order valence-corrected chi connectivity index (χ4v) is 4.57. The third-order valence-electron chi connectivity index (χ3n) is 6.08. The van der Waals surface area contributed by atoms with Gasteiger partial charge in [-0.1, -0.05) is 13.8 Å².